The molecule has 0 fully saturated rings. The largest absolute Gasteiger partial charge is 0.402 e. The van der Waals surface area contributed by atoms with Gasteiger partial charge in [-0.05, 0) is 25.7 Å². The SMILES string of the molecule is NC1=C(C(=O)CCl)CCCC1. The van der Waals surface area contributed by atoms with E-state index in [0.717, 1.165) is 37.0 Å². The highest BCUT2D eigenvalue weighted by Gasteiger charge is 2.15. The van der Waals surface area contributed by atoms with Gasteiger partial charge in [-0.25, -0.2) is 0 Å². The van der Waals surface area contributed by atoms with E-state index in [1.54, 1.807) is 0 Å². The Kier molecular flexibility index (Phi) is 2.94. The molecule has 0 radical (unpaired) electrons. The summed E-state index contributed by atoms with van der Waals surface area (Å²) in [5.41, 5.74) is 7.18. The first-order valence-electron chi connectivity index (χ1n) is 3.82. The number of allylic oxidation sites excluding steroid dienone is 2. The van der Waals surface area contributed by atoms with E-state index in [1.807, 2.05) is 0 Å². The number of alkyl halides is 1. The highest BCUT2D eigenvalue weighted by atomic mass is 35.5. The average Bonchev–Trinajstić information content (AvgIpc) is 2.04. The van der Waals surface area contributed by atoms with E-state index in [4.69, 9.17) is 17.3 Å². The third kappa shape index (κ3) is 1.96. The Hall–Kier alpha value is -0.500. The summed E-state index contributed by atoms with van der Waals surface area (Å²) >= 11 is 5.41. The summed E-state index contributed by atoms with van der Waals surface area (Å²) in [6, 6.07) is 0. The molecule has 0 saturated heterocycles. The first-order chi connectivity index (χ1) is 5.25. The molecule has 0 amide bonds. The van der Waals surface area contributed by atoms with Crippen LogP contribution in [-0.4, -0.2) is 11.7 Å². The van der Waals surface area contributed by atoms with Crippen LogP contribution in [0.2, 0.25) is 0 Å². The van der Waals surface area contributed by atoms with Gasteiger partial charge in [0.15, 0.2) is 5.78 Å². The Morgan fingerprint density at radius 3 is 2.64 bits per heavy atom. The van der Waals surface area contributed by atoms with Crippen molar-refractivity contribution >= 4 is 17.4 Å². The Balaban J connectivity index is 2.74. The Labute approximate surface area is 71.4 Å². The molecule has 0 heterocycles. The van der Waals surface area contributed by atoms with Crippen LogP contribution in [0.4, 0.5) is 0 Å². The van der Waals surface area contributed by atoms with Crippen molar-refractivity contribution in [2.45, 2.75) is 25.7 Å². The predicted molar refractivity (Wildman–Crippen MR) is 45.4 cm³/mol. The Morgan fingerprint density at radius 1 is 1.45 bits per heavy atom. The maximum Gasteiger partial charge on any atom is 0.175 e. The summed E-state index contributed by atoms with van der Waals surface area (Å²) in [5, 5.41) is 0. The van der Waals surface area contributed by atoms with Crippen molar-refractivity contribution in [2.75, 3.05) is 5.88 Å². The summed E-state index contributed by atoms with van der Waals surface area (Å²) in [5.74, 6) is 0.0691. The van der Waals surface area contributed by atoms with Crippen LogP contribution in [-0.2, 0) is 4.79 Å². The van der Waals surface area contributed by atoms with Gasteiger partial charge < -0.3 is 5.73 Å². The number of hydrogen-bond acceptors (Lipinski definition) is 2. The molecule has 0 aromatic rings. The van der Waals surface area contributed by atoms with Gasteiger partial charge in [-0.1, -0.05) is 0 Å². The highest BCUT2D eigenvalue weighted by molar-refractivity contribution is 6.30. The number of nitrogens with two attached hydrogens (primary N) is 1. The van der Waals surface area contributed by atoms with Crippen LogP contribution in [0.3, 0.4) is 0 Å². The molecule has 11 heavy (non-hydrogen) atoms. The minimum Gasteiger partial charge on any atom is -0.402 e. The zero-order chi connectivity index (χ0) is 8.27. The number of hydrogen-bond donors (Lipinski definition) is 1. The lowest BCUT2D eigenvalue weighted by Crippen LogP contribution is -2.15. The molecule has 1 aliphatic rings. The van der Waals surface area contributed by atoms with Crippen molar-refractivity contribution in [1.29, 1.82) is 0 Å². The molecule has 0 saturated carbocycles. The number of ketones is 1. The molecule has 0 atom stereocenters. The van der Waals surface area contributed by atoms with Gasteiger partial charge in [-0.15, -0.1) is 11.6 Å². The quantitative estimate of drug-likeness (QED) is 0.645. The van der Waals surface area contributed by atoms with E-state index in [0.29, 0.717) is 0 Å². The highest BCUT2D eigenvalue weighted by Crippen LogP contribution is 2.21. The molecular weight excluding hydrogens is 162 g/mol. The topological polar surface area (TPSA) is 43.1 Å². The number of halogens is 1. The van der Waals surface area contributed by atoms with Crippen LogP contribution in [0, 0.1) is 0 Å². The first-order valence-corrected chi connectivity index (χ1v) is 4.36. The van der Waals surface area contributed by atoms with Crippen molar-refractivity contribution in [3.63, 3.8) is 0 Å². The fourth-order valence-corrected chi connectivity index (χ4v) is 1.49. The third-order valence-corrected chi connectivity index (χ3v) is 2.21. The van der Waals surface area contributed by atoms with Gasteiger partial charge in [0.05, 0.1) is 5.88 Å². The lowest BCUT2D eigenvalue weighted by Gasteiger charge is -2.14. The zero-order valence-electron chi connectivity index (χ0n) is 6.40. The fraction of sp³-hybridized carbons (Fsp3) is 0.625. The second-order valence-electron chi connectivity index (χ2n) is 2.77. The standard InChI is InChI=1S/C8H12ClNO/c9-5-8(11)6-3-1-2-4-7(6)10/h1-5,10H2. The van der Waals surface area contributed by atoms with Gasteiger partial charge in [0.1, 0.15) is 0 Å². The van der Waals surface area contributed by atoms with E-state index in [1.165, 1.54) is 0 Å². The first kappa shape index (κ1) is 8.60. The van der Waals surface area contributed by atoms with Gasteiger partial charge in [-0.2, -0.15) is 0 Å². The monoisotopic (exact) mass is 173 g/mol. The third-order valence-electron chi connectivity index (χ3n) is 1.97. The van der Waals surface area contributed by atoms with Gasteiger partial charge in [0, 0.05) is 11.3 Å². The second-order valence-corrected chi connectivity index (χ2v) is 3.03. The summed E-state index contributed by atoms with van der Waals surface area (Å²) < 4.78 is 0. The van der Waals surface area contributed by atoms with Crippen LogP contribution in [0.5, 0.6) is 0 Å². The van der Waals surface area contributed by atoms with Crippen LogP contribution in [0.15, 0.2) is 11.3 Å². The molecule has 1 rings (SSSR count). The van der Waals surface area contributed by atoms with Crippen molar-refractivity contribution < 1.29 is 4.79 Å². The summed E-state index contributed by atoms with van der Waals surface area (Å²) in [6.07, 6.45) is 3.85. The van der Waals surface area contributed by atoms with E-state index in [2.05, 4.69) is 0 Å². The minimum absolute atomic E-state index is 0.00358. The molecule has 0 aromatic carbocycles. The maximum absolute atomic E-state index is 11.1. The second kappa shape index (κ2) is 3.77. The minimum atomic E-state index is 0.00358. The van der Waals surface area contributed by atoms with E-state index >= 15 is 0 Å². The molecule has 0 spiro atoms. The van der Waals surface area contributed by atoms with Crippen molar-refractivity contribution in [1.82, 2.24) is 0 Å². The molecule has 2 nitrogen and oxygen atoms in total. The average molecular weight is 174 g/mol. The molecule has 0 aromatic heterocycles. The molecule has 2 N–H and O–H groups in total. The molecule has 1 aliphatic carbocycles. The number of carbonyl (C=O) groups is 1. The summed E-state index contributed by atoms with van der Waals surface area (Å²) in [4.78, 5) is 11.1. The van der Waals surface area contributed by atoms with Gasteiger partial charge in [0.25, 0.3) is 0 Å². The molecule has 3 heteroatoms. The smallest absolute Gasteiger partial charge is 0.175 e. The molecular formula is C8H12ClNO. The van der Waals surface area contributed by atoms with E-state index in [9.17, 15) is 4.79 Å². The predicted octanol–water partition coefficient (Wildman–Crippen LogP) is 1.58. The van der Waals surface area contributed by atoms with Crippen molar-refractivity contribution in [3.05, 3.63) is 11.3 Å². The van der Waals surface area contributed by atoms with Crippen LogP contribution in [0.25, 0.3) is 0 Å². The number of Topliss-reactive ketones (excluding diaryl/α,β-unsaturated/α-hetero) is 1. The van der Waals surface area contributed by atoms with Crippen LogP contribution < -0.4 is 5.73 Å². The maximum atomic E-state index is 11.1. The zero-order valence-corrected chi connectivity index (χ0v) is 7.16. The molecule has 0 bridgehead atoms. The van der Waals surface area contributed by atoms with E-state index < -0.39 is 0 Å². The lowest BCUT2D eigenvalue weighted by molar-refractivity contribution is -0.113. The normalized spacial score (nSPS) is 18.6. The van der Waals surface area contributed by atoms with Crippen LogP contribution >= 0.6 is 11.6 Å². The molecule has 62 valence electrons. The van der Waals surface area contributed by atoms with Gasteiger partial charge >= 0.3 is 0 Å². The Morgan fingerprint density at radius 2 is 2.09 bits per heavy atom. The van der Waals surface area contributed by atoms with Gasteiger partial charge in [-0.3, -0.25) is 4.79 Å². The molecule has 0 aliphatic heterocycles. The van der Waals surface area contributed by atoms with E-state index in [-0.39, 0.29) is 11.7 Å². The van der Waals surface area contributed by atoms with Crippen molar-refractivity contribution in [3.8, 4) is 0 Å². The lowest BCUT2D eigenvalue weighted by atomic mass is 9.94. The number of carbonyl (C=O) groups excluding carboxylic acids is 1. The molecule has 0 unspecified atom stereocenters. The van der Waals surface area contributed by atoms with Crippen molar-refractivity contribution in [2.24, 2.45) is 5.73 Å². The summed E-state index contributed by atoms with van der Waals surface area (Å²) in [6.45, 7) is 0. The summed E-state index contributed by atoms with van der Waals surface area (Å²) in [7, 11) is 0. The van der Waals surface area contributed by atoms with Gasteiger partial charge in [0.2, 0.25) is 0 Å². The van der Waals surface area contributed by atoms with Crippen LogP contribution in [0.1, 0.15) is 25.7 Å². The Bertz CT molecular complexity index is 198. The number of rotatable bonds is 2. The fourth-order valence-electron chi connectivity index (χ4n) is 1.33.